The molecule has 1 fully saturated rings. The molecule has 1 atom stereocenters. The first kappa shape index (κ1) is 20.6. The van der Waals surface area contributed by atoms with Crippen LogP contribution >= 0.6 is 23.2 Å². The molecule has 1 saturated heterocycles. The number of aromatic nitrogens is 2. The molecule has 0 saturated carbocycles. The summed E-state index contributed by atoms with van der Waals surface area (Å²) in [4.78, 5) is 17.6. The number of aliphatic imine (C=N–C) groups is 1. The van der Waals surface area contributed by atoms with Crippen molar-refractivity contribution < 1.29 is 0 Å². The van der Waals surface area contributed by atoms with E-state index in [1.165, 1.54) is 6.33 Å². The summed E-state index contributed by atoms with van der Waals surface area (Å²) in [5.41, 5.74) is 4.48. The fraction of sp³-hybridized carbons (Fsp3) is 0.261. The Bertz CT molecular complexity index is 1020. The summed E-state index contributed by atoms with van der Waals surface area (Å²) in [6.45, 7) is 10.3. The van der Waals surface area contributed by atoms with Crippen LogP contribution in [0, 0.1) is 5.92 Å². The van der Waals surface area contributed by atoms with Crippen molar-refractivity contribution in [3.8, 4) is 0 Å². The lowest BCUT2D eigenvalue weighted by Crippen LogP contribution is -2.47. The fourth-order valence-corrected chi connectivity index (χ4v) is 4.40. The zero-order valence-electron chi connectivity index (χ0n) is 16.9. The molecular weight excluding hydrogens is 417 g/mol. The van der Waals surface area contributed by atoms with Crippen LogP contribution in [0.3, 0.4) is 0 Å². The van der Waals surface area contributed by atoms with Gasteiger partial charge in [-0.15, -0.1) is 0 Å². The van der Waals surface area contributed by atoms with E-state index >= 15 is 0 Å². The molecule has 1 aromatic carbocycles. The van der Waals surface area contributed by atoms with Crippen molar-refractivity contribution in [3.63, 3.8) is 0 Å². The molecular formula is C23H23Cl2N5. The van der Waals surface area contributed by atoms with Crippen LogP contribution in [0.4, 0.5) is 0 Å². The fourth-order valence-electron chi connectivity index (χ4n) is 3.87. The van der Waals surface area contributed by atoms with Crippen LogP contribution in [0.15, 0.2) is 66.7 Å². The van der Waals surface area contributed by atoms with Crippen LogP contribution in [-0.2, 0) is 0 Å². The van der Waals surface area contributed by atoms with E-state index in [4.69, 9.17) is 28.2 Å². The molecule has 3 heterocycles. The lowest BCUT2D eigenvalue weighted by atomic mass is 9.87. The number of hydrogen-bond donors (Lipinski definition) is 0. The van der Waals surface area contributed by atoms with Gasteiger partial charge in [-0.1, -0.05) is 36.4 Å². The number of benzene rings is 1. The zero-order chi connectivity index (χ0) is 21.3. The first-order valence-corrected chi connectivity index (χ1v) is 10.6. The largest absolute Gasteiger partial charge is 0.342 e. The van der Waals surface area contributed by atoms with Crippen molar-refractivity contribution >= 4 is 40.4 Å². The maximum Gasteiger partial charge on any atom is 0.206 e. The minimum Gasteiger partial charge on any atom is -0.342 e. The minimum absolute atomic E-state index is 0.283. The van der Waals surface area contributed by atoms with Crippen molar-refractivity contribution in [1.29, 1.82) is 0 Å². The van der Waals surface area contributed by atoms with E-state index < -0.39 is 0 Å². The Morgan fingerprint density at radius 1 is 1.20 bits per heavy atom. The Morgan fingerprint density at radius 3 is 2.67 bits per heavy atom. The summed E-state index contributed by atoms with van der Waals surface area (Å²) in [5, 5.41) is 1.25. The molecule has 1 unspecified atom stereocenters. The maximum atomic E-state index is 6.20. The highest BCUT2D eigenvalue weighted by atomic mass is 35.5. The monoisotopic (exact) mass is 439 g/mol. The molecule has 7 heteroatoms. The van der Waals surface area contributed by atoms with Gasteiger partial charge in [0.2, 0.25) is 5.96 Å². The summed E-state index contributed by atoms with van der Waals surface area (Å²) in [5.74, 6) is 1.16. The number of likely N-dealkylation sites (tertiary alicyclic amines) is 1. The van der Waals surface area contributed by atoms with Gasteiger partial charge < -0.3 is 9.80 Å². The highest BCUT2D eigenvalue weighted by Crippen LogP contribution is 2.34. The zero-order valence-corrected chi connectivity index (χ0v) is 18.4. The Balaban J connectivity index is 1.59. The molecule has 30 heavy (non-hydrogen) atoms. The average molecular weight is 440 g/mol. The summed E-state index contributed by atoms with van der Waals surface area (Å²) in [6, 6.07) is 7.45. The topological polar surface area (TPSA) is 44.6 Å². The van der Waals surface area contributed by atoms with Crippen molar-refractivity contribution in [2.75, 3.05) is 20.1 Å². The van der Waals surface area contributed by atoms with Gasteiger partial charge in [-0.2, -0.15) is 0 Å². The molecule has 0 aliphatic carbocycles. The lowest BCUT2D eigenvalue weighted by molar-refractivity contribution is 0.275. The van der Waals surface area contributed by atoms with E-state index in [1.54, 1.807) is 12.3 Å². The number of allylic oxidation sites excluding steroid dienone is 1. The third kappa shape index (κ3) is 4.27. The molecule has 154 valence electrons. The third-order valence-corrected chi connectivity index (χ3v) is 5.97. The normalized spacial score (nSPS) is 19.4. The van der Waals surface area contributed by atoms with E-state index in [0.29, 0.717) is 10.0 Å². The molecule has 0 bridgehead atoms. The standard InChI is InChI=1S/C23H23Cl2N5/c1-15-9-22(21-6-7-26-14-27-21)28-23(29(15)3)30-8-4-5-17(13-30)16(2)18-10-19(24)12-20(25)11-18/h6-7,9-12,14,17H,1-2,4-5,8,13H2,3H3. The summed E-state index contributed by atoms with van der Waals surface area (Å²) < 4.78 is 0. The Kier molecular flexibility index (Phi) is 5.93. The van der Waals surface area contributed by atoms with E-state index in [0.717, 1.165) is 60.1 Å². The molecule has 5 nitrogen and oxygen atoms in total. The van der Waals surface area contributed by atoms with Crippen LogP contribution in [0.5, 0.6) is 0 Å². The van der Waals surface area contributed by atoms with Crippen LogP contribution in [0.2, 0.25) is 10.0 Å². The van der Waals surface area contributed by atoms with E-state index in [2.05, 4.69) is 28.0 Å². The molecule has 2 aromatic rings. The van der Waals surface area contributed by atoms with E-state index in [9.17, 15) is 0 Å². The number of guanidine groups is 1. The van der Waals surface area contributed by atoms with Gasteiger partial charge in [0.1, 0.15) is 6.33 Å². The molecule has 2 aliphatic rings. The average Bonchev–Trinajstić information content (AvgIpc) is 2.75. The maximum absolute atomic E-state index is 6.20. The number of hydrogen-bond acceptors (Lipinski definition) is 5. The first-order valence-electron chi connectivity index (χ1n) is 9.82. The van der Waals surface area contributed by atoms with Crippen molar-refractivity contribution in [2.45, 2.75) is 12.8 Å². The molecule has 1 aromatic heterocycles. The van der Waals surface area contributed by atoms with Gasteiger partial charge in [0.05, 0.1) is 11.4 Å². The number of piperidine rings is 1. The highest BCUT2D eigenvalue weighted by molar-refractivity contribution is 6.34. The Labute approximate surface area is 187 Å². The van der Waals surface area contributed by atoms with E-state index in [-0.39, 0.29) is 5.92 Å². The predicted molar refractivity (Wildman–Crippen MR) is 124 cm³/mol. The van der Waals surface area contributed by atoms with Crippen LogP contribution in [0.25, 0.3) is 11.3 Å². The van der Waals surface area contributed by atoms with Gasteiger partial charge >= 0.3 is 0 Å². The Morgan fingerprint density at radius 2 is 1.97 bits per heavy atom. The Hall–Kier alpha value is -2.63. The van der Waals surface area contributed by atoms with E-state index in [1.807, 2.05) is 36.2 Å². The van der Waals surface area contributed by atoms with Crippen LogP contribution < -0.4 is 0 Å². The predicted octanol–water partition coefficient (Wildman–Crippen LogP) is 5.36. The number of halogens is 2. The lowest BCUT2D eigenvalue weighted by Gasteiger charge is -2.40. The minimum atomic E-state index is 0.283. The summed E-state index contributed by atoms with van der Waals surface area (Å²) in [6.07, 6.45) is 7.30. The number of nitrogens with zero attached hydrogens (tertiary/aromatic N) is 5. The molecule has 0 spiro atoms. The van der Waals surface area contributed by atoms with Gasteiger partial charge in [-0.25, -0.2) is 15.0 Å². The molecule has 0 amide bonds. The number of rotatable bonds is 3. The second-order valence-corrected chi connectivity index (χ2v) is 8.43. The van der Waals surface area contributed by atoms with Crippen LogP contribution in [-0.4, -0.2) is 45.9 Å². The number of likely N-dealkylation sites (N-methyl/N-ethyl adjacent to an activating group) is 1. The summed E-state index contributed by atoms with van der Waals surface area (Å²) in [7, 11) is 1.99. The molecule has 0 N–H and O–H groups in total. The molecule has 0 radical (unpaired) electrons. The third-order valence-electron chi connectivity index (χ3n) is 5.53. The van der Waals surface area contributed by atoms with Gasteiger partial charge in [0, 0.05) is 48.0 Å². The second kappa shape index (κ2) is 8.62. The molecule has 4 rings (SSSR count). The van der Waals surface area contributed by atoms with Gasteiger partial charge in [0.15, 0.2) is 0 Å². The van der Waals surface area contributed by atoms with Gasteiger partial charge in [-0.3, -0.25) is 0 Å². The van der Waals surface area contributed by atoms with Crippen LogP contribution in [0.1, 0.15) is 24.1 Å². The van der Waals surface area contributed by atoms with Gasteiger partial charge in [0.25, 0.3) is 0 Å². The SMILES string of the molecule is C=C(c1cc(Cl)cc(Cl)c1)C1CCCN(C2=NC(c3ccncn3)=CC(=C)N2C)C1. The van der Waals surface area contributed by atoms with Crippen molar-refractivity contribution in [1.82, 2.24) is 19.8 Å². The second-order valence-electron chi connectivity index (χ2n) is 7.55. The molecule has 2 aliphatic heterocycles. The highest BCUT2D eigenvalue weighted by Gasteiger charge is 2.29. The first-order chi connectivity index (χ1) is 14.4. The van der Waals surface area contributed by atoms with Gasteiger partial charge in [-0.05, 0) is 54.3 Å². The smallest absolute Gasteiger partial charge is 0.206 e. The van der Waals surface area contributed by atoms with Crippen molar-refractivity contribution in [2.24, 2.45) is 10.9 Å². The summed E-state index contributed by atoms with van der Waals surface area (Å²) >= 11 is 12.4. The quantitative estimate of drug-likeness (QED) is 0.644. The van der Waals surface area contributed by atoms with Crippen molar-refractivity contribution in [3.05, 3.63) is 83.0 Å².